The molecule has 2 N–H and O–H groups in total. The maximum Gasteiger partial charge on any atom is 0.255 e. The summed E-state index contributed by atoms with van der Waals surface area (Å²) in [5, 5.41) is 13.1. The van der Waals surface area contributed by atoms with Crippen LogP contribution in [-0.4, -0.2) is 17.2 Å². The highest BCUT2D eigenvalue weighted by molar-refractivity contribution is 6.31. The molecule has 0 fully saturated rings. The normalized spacial score (nSPS) is 10.8. The minimum absolute atomic E-state index is 0.164. The lowest BCUT2D eigenvalue weighted by atomic mass is 10.2. The second kappa shape index (κ2) is 7.64. The molecule has 0 bridgehead atoms. The molecule has 5 heteroatoms. The number of nitrogens with one attached hydrogen (secondary N) is 1. The van der Waals surface area contributed by atoms with E-state index in [9.17, 15) is 9.90 Å². The van der Waals surface area contributed by atoms with Crippen LogP contribution in [0.15, 0.2) is 77.8 Å². The van der Waals surface area contributed by atoms with Gasteiger partial charge in [-0.1, -0.05) is 35.9 Å². The van der Waals surface area contributed by atoms with E-state index >= 15 is 0 Å². The Hall–Kier alpha value is -3.11. The summed E-state index contributed by atoms with van der Waals surface area (Å²) in [6, 6.07) is 20.8. The van der Waals surface area contributed by atoms with Crippen LogP contribution in [0.2, 0.25) is 5.02 Å². The number of nitrogens with zero attached hydrogens (tertiary/aromatic N) is 1. The highest BCUT2D eigenvalue weighted by Crippen LogP contribution is 2.20. The summed E-state index contributed by atoms with van der Waals surface area (Å²) in [5.74, 6) is -0.0824. The first-order valence-corrected chi connectivity index (χ1v) is 7.99. The van der Waals surface area contributed by atoms with Crippen LogP contribution in [0.4, 0.5) is 11.4 Å². The van der Waals surface area contributed by atoms with Crippen LogP contribution in [0.5, 0.6) is 5.75 Å². The number of para-hydroxylation sites is 1. The fourth-order valence-electron chi connectivity index (χ4n) is 2.24. The molecule has 0 aromatic heterocycles. The van der Waals surface area contributed by atoms with E-state index in [0.29, 0.717) is 27.5 Å². The van der Waals surface area contributed by atoms with Gasteiger partial charge in [-0.05, 0) is 48.5 Å². The molecular formula is C20H15ClN2O2. The number of benzene rings is 3. The first-order chi connectivity index (χ1) is 12.1. The molecule has 0 radical (unpaired) electrons. The van der Waals surface area contributed by atoms with E-state index < -0.39 is 0 Å². The largest absolute Gasteiger partial charge is 0.507 e. The van der Waals surface area contributed by atoms with Crippen LogP contribution in [-0.2, 0) is 0 Å². The van der Waals surface area contributed by atoms with Crippen LogP contribution in [0.25, 0.3) is 0 Å². The third-order valence-electron chi connectivity index (χ3n) is 3.48. The second-order valence-electron chi connectivity index (χ2n) is 5.33. The molecule has 0 aliphatic carbocycles. The molecule has 0 unspecified atom stereocenters. The Labute approximate surface area is 150 Å². The Morgan fingerprint density at radius 3 is 2.60 bits per heavy atom. The van der Waals surface area contributed by atoms with Crippen molar-refractivity contribution in [1.29, 1.82) is 0 Å². The number of phenolic OH excluding ortho intramolecular Hbond substituents is 1. The van der Waals surface area contributed by atoms with Gasteiger partial charge in [0.1, 0.15) is 5.75 Å². The third-order valence-corrected chi connectivity index (χ3v) is 3.72. The molecular weight excluding hydrogens is 336 g/mol. The van der Waals surface area contributed by atoms with Gasteiger partial charge < -0.3 is 10.4 Å². The predicted octanol–water partition coefficient (Wildman–Crippen LogP) is 5.05. The molecule has 1 amide bonds. The van der Waals surface area contributed by atoms with Crippen molar-refractivity contribution in [2.75, 3.05) is 5.32 Å². The van der Waals surface area contributed by atoms with Gasteiger partial charge in [0, 0.05) is 28.1 Å². The van der Waals surface area contributed by atoms with E-state index in [1.165, 1.54) is 0 Å². The van der Waals surface area contributed by atoms with Gasteiger partial charge in [0.2, 0.25) is 0 Å². The van der Waals surface area contributed by atoms with Crippen molar-refractivity contribution >= 4 is 35.1 Å². The monoisotopic (exact) mass is 350 g/mol. The van der Waals surface area contributed by atoms with E-state index in [0.717, 1.165) is 0 Å². The van der Waals surface area contributed by atoms with Gasteiger partial charge in [0.05, 0.1) is 5.69 Å². The summed E-state index contributed by atoms with van der Waals surface area (Å²) >= 11 is 5.91. The van der Waals surface area contributed by atoms with Crippen molar-refractivity contribution in [3.63, 3.8) is 0 Å². The van der Waals surface area contributed by atoms with E-state index in [2.05, 4.69) is 10.3 Å². The van der Waals surface area contributed by atoms with Crippen LogP contribution in [0, 0.1) is 0 Å². The van der Waals surface area contributed by atoms with Crippen molar-refractivity contribution in [2.45, 2.75) is 0 Å². The Morgan fingerprint density at radius 1 is 1.00 bits per heavy atom. The van der Waals surface area contributed by atoms with Gasteiger partial charge in [-0.25, -0.2) is 0 Å². The van der Waals surface area contributed by atoms with Crippen molar-refractivity contribution in [1.82, 2.24) is 0 Å². The Bertz CT molecular complexity index is 938. The van der Waals surface area contributed by atoms with E-state index in [1.807, 2.05) is 12.1 Å². The second-order valence-corrected chi connectivity index (χ2v) is 5.77. The van der Waals surface area contributed by atoms with Gasteiger partial charge in [0.15, 0.2) is 0 Å². The molecule has 0 saturated carbocycles. The average Bonchev–Trinajstić information content (AvgIpc) is 2.61. The summed E-state index contributed by atoms with van der Waals surface area (Å²) in [6.07, 6.45) is 1.58. The highest BCUT2D eigenvalue weighted by atomic mass is 35.5. The number of hydrogen-bond acceptors (Lipinski definition) is 3. The lowest BCUT2D eigenvalue weighted by Crippen LogP contribution is -2.11. The molecule has 0 heterocycles. The summed E-state index contributed by atoms with van der Waals surface area (Å²) in [6.45, 7) is 0. The maximum atomic E-state index is 12.3. The number of carbonyl (C=O) groups is 1. The molecule has 3 rings (SSSR count). The smallest absolute Gasteiger partial charge is 0.255 e. The van der Waals surface area contributed by atoms with Gasteiger partial charge >= 0.3 is 0 Å². The molecule has 0 spiro atoms. The van der Waals surface area contributed by atoms with E-state index in [1.54, 1.807) is 66.9 Å². The summed E-state index contributed by atoms with van der Waals surface area (Å²) in [5.41, 5.74) is 2.38. The molecule has 0 atom stereocenters. The summed E-state index contributed by atoms with van der Waals surface area (Å²) in [4.78, 5) is 16.6. The highest BCUT2D eigenvalue weighted by Gasteiger charge is 2.06. The number of amides is 1. The number of aromatic hydroxyl groups is 1. The molecule has 25 heavy (non-hydrogen) atoms. The lowest BCUT2D eigenvalue weighted by Gasteiger charge is -2.06. The first-order valence-electron chi connectivity index (χ1n) is 7.61. The van der Waals surface area contributed by atoms with Crippen molar-refractivity contribution < 1.29 is 9.90 Å². The molecule has 3 aromatic rings. The maximum absolute atomic E-state index is 12.3. The molecule has 3 aromatic carbocycles. The Balaban J connectivity index is 1.75. The number of rotatable bonds is 4. The molecule has 0 saturated heterocycles. The lowest BCUT2D eigenvalue weighted by molar-refractivity contribution is 0.102. The van der Waals surface area contributed by atoms with Gasteiger partial charge in [-0.15, -0.1) is 0 Å². The predicted molar refractivity (Wildman–Crippen MR) is 101 cm³/mol. The number of anilines is 1. The van der Waals surface area contributed by atoms with Crippen LogP contribution >= 0.6 is 11.6 Å². The van der Waals surface area contributed by atoms with Gasteiger partial charge in [0.25, 0.3) is 5.91 Å². The molecule has 0 aliphatic heterocycles. The number of phenols is 1. The standard InChI is InChI=1S/C20H15ClN2O2/c21-16-7-3-6-14(11-16)20(25)23-18-9-4-8-17(12-18)22-13-15-5-1-2-10-19(15)24/h1-13,24H,(H,23,25). The Morgan fingerprint density at radius 2 is 1.80 bits per heavy atom. The van der Waals surface area contributed by atoms with Crippen molar-refractivity contribution in [2.24, 2.45) is 4.99 Å². The zero-order valence-electron chi connectivity index (χ0n) is 13.2. The third kappa shape index (κ3) is 4.46. The number of hydrogen-bond donors (Lipinski definition) is 2. The van der Waals surface area contributed by atoms with Crippen LogP contribution in [0.1, 0.15) is 15.9 Å². The van der Waals surface area contributed by atoms with Crippen molar-refractivity contribution in [3.05, 3.63) is 88.9 Å². The quantitative estimate of drug-likeness (QED) is 0.647. The van der Waals surface area contributed by atoms with E-state index in [-0.39, 0.29) is 11.7 Å². The first kappa shape index (κ1) is 16.7. The molecule has 124 valence electrons. The zero-order valence-corrected chi connectivity index (χ0v) is 13.9. The van der Waals surface area contributed by atoms with E-state index in [4.69, 9.17) is 11.6 Å². The van der Waals surface area contributed by atoms with Gasteiger partial charge in [-0.3, -0.25) is 9.79 Å². The van der Waals surface area contributed by atoms with Crippen LogP contribution in [0.3, 0.4) is 0 Å². The van der Waals surface area contributed by atoms with Crippen LogP contribution < -0.4 is 5.32 Å². The Kier molecular flexibility index (Phi) is 5.11. The fourth-order valence-corrected chi connectivity index (χ4v) is 2.43. The minimum Gasteiger partial charge on any atom is -0.507 e. The number of halogens is 1. The summed E-state index contributed by atoms with van der Waals surface area (Å²) < 4.78 is 0. The number of carbonyl (C=O) groups excluding carboxylic acids is 1. The number of aliphatic imine (C=N–C) groups is 1. The molecule has 0 aliphatic rings. The minimum atomic E-state index is -0.246. The fraction of sp³-hybridized carbons (Fsp3) is 0. The average molecular weight is 351 g/mol. The molecule has 4 nitrogen and oxygen atoms in total. The SMILES string of the molecule is O=C(Nc1cccc(N=Cc2ccccc2O)c1)c1cccc(Cl)c1. The summed E-state index contributed by atoms with van der Waals surface area (Å²) in [7, 11) is 0. The topological polar surface area (TPSA) is 61.7 Å². The van der Waals surface area contributed by atoms with Gasteiger partial charge in [-0.2, -0.15) is 0 Å². The zero-order chi connectivity index (χ0) is 17.6. The van der Waals surface area contributed by atoms with Crippen molar-refractivity contribution in [3.8, 4) is 5.75 Å².